The lowest BCUT2D eigenvalue weighted by molar-refractivity contribution is -0.119. The molecule has 2 aromatic carbocycles. The van der Waals surface area contributed by atoms with Crippen molar-refractivity contribution in [1.29, 1.82) is 0 Å². The van der Waals surface area contributed by atoms with E-state index in [1.54, 1.807) is 48.5 Å². The smallest absolute Gasteiger partial charge is 0.272 e. The number of methoxy groups -OCH3 is 1. The summed E-state index contributed by atoms with van der Waals surface area (Å²) in [7, 11) is 1.52. The first-order valence-electron chi connectivity index (χ1n) is 9.35. The Morgan fingerprint density at radius 3 is 2.59 bits per heavy atom. The maximum absolute atomic E-state index is 13.4. The summed E-state index contributed by atoms with van der Waals surface area (Å²) in [6, 6.07) is 14.0. The van der Waals surface area contributed by atoms with Crippen molar-refractivity contribution in [2.75, 3.05) is 31.0 Å². The summed E-state index contributed by atoms with van der Waals surface area (Å²) in [6.07, 6.45) is 0.854. The van der Waals surface area contributed by atoms with E-state index < -0.39 is 11.8 Å². The van der Waals surface area contributed by atoms with Gasteiger partial charge >= 0.3 is 0 Å². The van der Waals surface area contributed by atoms with E-state index in [0.717, 1.165) is 11.3 Å². The van der Waals surface area contributed by atoms with E-state index in [-0.39, 0.29) is 12.2 Å². The number of imide groups is 1. The lowest BCUT2D eigenvalue weighted by Gasteiger charge is -2.17. The minimum absolute atomic E-state index is 0.102. The molecule has 0 saturated heterocycles. The maximum Gasteiger partial charge on any atom is 0.272 e. The molecule has 1 aliphatic rings. The van der Waals surface area contributed by atoms with E-state index in [0.29, 0.717) is 40.0 Å². The summed E-state index contributed by atoms with van der Waals surface area (Å²) in [5, 5.41) is 9.24. The summed E-state index contributed by atoms with van der Waals surface area (Å²) < 4.78 is 11.0. The predicted molar refractivity (Wildman–Crippen MR) is 114 cm³/mol. The van der Waals surface area contributed by atoms with Gasteiger partial charge in [0.25, 0.3) is 11.8 Å². The lowest BCUT2D eigenvalue weighted by atomic mass is 10.0. The maximum atomic E-state index is 13.4. The van der Waals surface area contributed by atoms with Gasteiger partial charge in [-0.2, -0.15) is 0 Å². The summed E-state index contributed by atoms with van der Waals surface area (Å²) in [5.74, 6) is 0.572. The Kier molecular flexibility index (Phi) is 6.95. The van der Waals surface area contributed by atoms with E-state index in [4.69, 9.17) is 9.47 Å². The number of hydrogen-bond acceptors (Lipinski definition) is 6. The average molecular weight is 413 g/mol. The second-order valence-electron chi connectivity index (χ2n) is 6.27. The number of rotatable bonds is 9. The first kappa shape index (κ1) is 21.0. The fraction of sp³-hybridized carbons (Fsp3) is 0.273. The van der Waals surface area contributed by atoms with Gasteiger partial charge in [0.15, 0.2) is 0 Å². The fourth-order valence-corrected chi connectivity index (χ4v) is 3.90. The van der Waals surface area contributed by atoms with Crippen LogP contribution in [0.25, 0.3) is 5.57 Å². The first-order valence-corrected chi connectivity index (χ1v) is 10.3. The largest absolute Gasteiger partial charge is 0.496 e. The number of carbonyl (C=O) groups excluding carboxylic acids is 2. The number of nitrogens with zero attached hydrogens (tertiary/aromatic N) is 1. The third kappa shape index (κ3) is 4.31. The number of aliphatic hydroxyl groups is 1. The molecule has 0 bridgehead atoms. The highest BCUT2D eigenvalue weighted by atomic mass is 32.2. The highest BCUT2D eigenvalue weighted by Gasteiger charge is 2.41. The monoisotopic (exact) mass is 413 g/mol. The van der Waals surface area contributed by atoms with Gasteiger partial charge < -0.3 is 14.6 Å². The molecule has 6 nitrogen and oxygen atoms in total. The molecular formula is C22H23NO5S. The van der Waals surface area contributed by atoms with E-state index >= 15 is 0 Å². The van der Waals surface area contributed by atoms with Crippen LogP contribution in [-0.2, 0) is 9.59 Å². The summed E-state index contributed by atoms with van der Waals surface area (Å²) >= 11 is 1.17. The van der Waals surface area contributed by atoms with Gasteiger partial charge in [0.2, 0.25) is 0 Å². The molecule has 1 heterocycles. The molecule has 0 aliphatic carbocycles. The SMILES string of the molecule is CCCOc1cccc(N2C(=O)C(SCCO)=C(c3ccccc3OC)C2=O)c1. The molecule has 152 valence electrons. The third-order valence-electron chi connectivity index (χ3n) is 4.30. The van der Waals surface area contributed by atoms with Crippen LogP contribution in [0.15, 0.2) is 53.4 Å². The zero-order chi connectivity index (χ0) is 20.8. The molecule has 0 aromatic heterocycles. The van der Waals surface area contributed by atoms with Crippen LogP contribution in [0.2, 0.25) is 0 Å². The number of amides is 2. The molecule has 29 heavy (non-hydrogen) atoms. The van der Waals surface area contributed by atoms with Gasteiger partial charge in [-0.1, -0.05) is 31.2 Å². The molecule has 7 heteroatoms. The Morgan fingerprint density at radius 2 is 1.86 bits per heavy atom. The van der Waals surface area contributed by atoms with Gasteiger partial charge in [-0.25, -0.2) is 4.90 Å². The van der Waals surface area contributed by atoms with Crippen molar-refractivity contribution in [3.05, 3.63) is 59.0 Å². The molecule has 3 rings (SSSR count). The Labute approximate surface area is 174 Å². The molecule has 0 atom stereocenters. The second kappa shape index (κ2) is 9.62. The zero-order valence-corrected chi connectivity index (χ0v) is 17.2. The van der Waals surface area contributed by atoms with Crippen LogP contribution < -0.4 is 14.4 Å². The number of anilines is 1. The summed E-state index contributed by atoms with van der Waals surface area (Å²) in [6.45, 7) is 2.45. The van der Waals surface area contributed by atoms with Crippen LogP contribution in [0.3, 0.4) is 0 Å². The minimum atomic E-state index is -0.424. The van der Waals surface area contributed by atoms with Gasteiger partial charge in [-0.15, -0.1) is 11.8 Å². The van der Waals surface area contributed by atoms with Gasteiger partial charge in [0, 0.05) is 17.4 Å². The van der Waals surface area contributed by atoms with E-state index in [1.165, 1.54) is 18.9 Å². The molecule has 0 saturated carbocycles. The number of carbonyl (C=O) groups is 2. The van der Waals surface area contributed by atoms with E-state index in [1.807, 2.05) is 6.92 Å². The van der Waals surface area contributed by atoms with Crippen molar-refractivity contribution < 1.29 is 24.2 Å². The molecule has 0 fully saturated rings. The second-order valence-corrected chi connectivity index (χ2v) is 7.37. The van der Waals surface area contributed by atoms with Crippen LogP contribution in [-0.4, -0.2) is 43.0 Å². The summed E-state index contributed by atoms with van der Waals surface area (Å²) in [5.41, 5.74) is 1.28. The molecular weight excluding hydrogens is 390 g/mol. The van der Waals surface area contributed by atoms with Crippen molar-refractivity contribution in [2.45, 2.75) is 13.3 Å². The van der Waals surface area contributed by atoms with Crippen molar-refractivity contribution >= 4 is 34.8 Å². The topological polar surface area (TPSA) is 76.1 Å². The highest BCUT2D eigenvalue weighted by molar-refractivity contribution is 8.04. The Morgan fingerprint density at radius 1 is 1.07 bits per heavy atom. The molecule has 2 aromatic rings. The Balaban J connectivity index is 2.04. The number of benzene rings is 2. The van der Waals surface area contributed by atoms with Crippen LogP contribution in [0, 0.1) is 0 Å². The molecule has 0 unspecified atom stereocenters. The van der Waals surface area contributed by atoms with Gasteiger partial charge in [-0.05, 0) is 24.6 Å². The van der Waals surface area contributed by atoms with Crippen LogP contribution >= 0.6 is 11.8 Å². The summed E-state index contributed by atoms with van der Waals surface area (Å²) in [4.78, 5) is 28.0. The van der Waals surface area contributed by atoms with Crippen LogP contribution in [0.4, 0.5) is 5.69 Å². The molecule has 1 N–H and O–H groups in total. The number of hydrogen-bond donors (Lipinski definition) is 1. The van der Waals surface area contributed by atoms with Crippen LogP contribution in [0.5, 0.6) is 11.5 Å². The highest BCUT2D eigenvalue weighted by Crippen LogP contribution is 2.41. The number of aliphatic hydroxyl groups excluding tert-OH is 1. The Bertz CT molecular complexity index is 940. The zero-order valence-electron chi connectivity index (χ0n) is 16.4. The predicted octanol–water partition coefficient (Wildman–Crippen LogP) is 3.49. The average Bonchev–Trinajstić information content (AvgIpc) is 3.00. The fourth-order valence-electron chi connectivity index (χ4n) is 3.05. The van der Waals surface area contributed by atoms with Crippen molar-refractivity contribution in [2.24, 2.45) is 0 Å². The number of para-hydroxylation sites is 1. The molecule has 1 aliphatic heterocycles. The van der Waals surface area contributed by atoms with Crippen LogP contribution in [0.1, 0.15) is 18.9 Å². The number of ether oxygens (including phenoxy) is 2. The van der Waals surface area contributed by atoms with Crippen molar-refractivity contribution in [3.63, 3.8) is 0 Å². The molecule has 0 spiro atoms. The minimum Gasteiger partial charge on any atom is -0.496 e. The molecule has 0 radical (unpaired) electrons. The van der Waals surface area contributed by atoms with E-state index in [9.17, 15) is 14.7 Å². The first-order chi connectivity index (χ1) is 14.1. The van der Waals surface area contributed by atoms with Crippen molar-refractivity contribution in [3.8, 4) is 11.5 Å². The lowest BCUT2D eigenvalue weighted by Crippen LogP contribution is -2.31. The van der Waals surface area contributed by atoms with E-state index in [2.05, 4.69) is 0 Å². The third-order valence-corrected chi connectivity index (χ3v) is 5.36. The normalized spacial score (nSPS) is 14.0. The Hall–Kier alpha value is -2.77. The molecule has 2 amide bonds. The van der Waals surface area contributed by atoms with Gasteiger partial charge in [0.05, 0.1) is 36.5 Å². The standard InChI is InChI=1S/C22H23NO5S/c1-3-12-28-16-8-6-7-15(14-16)23-21(25)19(20(22(23)26)29-13-11-24)17-9-4-5-10-18(17)27-2/h4-10,14,24H,3,11-13H2,1-2H3. The van der Waals surface area contributed by atoms with Crippen molar-refractivity contribution in [1.82, 2.24) is 0 Å². The van der Waals surface area contributed by atoms with Gasteiger partial charge in [-0.3, -0.25) is 9.59 Å². The number of thioether (sulfide) groups is 1. The quantitative estimate of drug-likeness (QED) is 0.634. The van der Waals surface area contributed by atoms with Gasteiger partial charge in [0.1, 0.15) is 11.5 Å².